The number of nitrogens with one attached hydrogen (secondary N) is 1. The molecule has 34 heavy (non-hydrogen) atoms. The Hall–Kier alpha value is -3.21. The Kier molecular flexibility index (Phi) is 6.48. The van der Waals surface area contributed by atoms with Crippen LogP contribution in [0.15, 0.2) is 41.7 Å². The van der Waals surface area contributed by atoms with Crippen LogP contribution in [0.3, 0.4) is 0 Å². The van der Waals surface area contributed by atoms with Crippen LogP contribution in [0.5, 0.6) is 5.88 Å². The second-order valence-electron chi connectivity index (χ2n) is 9.48. The number of alkyl carbamates (subject to hydrolysis) is 1. The van der Waals surface area contributed by atoms with Crippen LogP contribution >= 0.6 is 0 Å². The molecule has 1 saturated carbocycles. The number of aromatic nitrogens is 4. The van der Waals surface area contributed by atoms with Gasteiger partial charge in [-0.15, -0.1) is 0 Å². The molecule has 2 aromatic heterocycles. The summed E-state index contributed by atoms with van der Waals surface area (Å²) >= 11 is 0. The van der Waals surface area contributed by atoms with Crippen molar-refractivity contribution in [1.82, 2.24) is 25.1 Å². The molecule has 11 heteroatoms. The van der Waals surface area contributed by atoms with E-state index in [2.05, 4.69) is 20.4 Å². The second-order valence-corrected chi connectivity index (χ2v) is 11.5. The topological polar surface area (TPSA) is 125 Å². The Balaban J connectivity index is 1.42. The third-order valence-corrected chi connectivity index (χ3v) is 6.64. The summed E-state index contributed by atoms with van der Waals surface area (Å²) in [4.78, 5) is 20.9. The first-order valence-corrected chi connectivity index (χ1v) is 13.0. The van der Waals surface area contributed by atoms with Crippen molar-refractivity contribution in [3.05, 3.63) is 36.8 Å². The van der Waals surface area contributed by atoms with Crippen molar-refractivity contribution >= 4 is 27.0 Å². The fourth-order valence-electron chi connectivity index (χ4n) is 3.90. The average molecular weight is 488 g/mol. The lowest BCUT2D eigenvalue weighted by Crippen LogP contribution is -2.42. The Bertz CT molecular complexity index is 1270. The number of nitrogens with zero attached hydrogens (tertiary/aromatic N) is 4. The summed E-state index contributed by atoms with van der Waals surface area (Å²) in [7, 11) is -3.28. The van der Waals surface area contributed by atoms with E-state index < -0.39 is 21.5 Å². The normalized spacial score (nSPS) is 19.1. The lowest BCUT2D eigenvalue weighted by Gasteiger charge is -2.30. The van der Waals surface area contributed by atoms with Crippen molar-refractivity contribution in [2.45, 2.75) is 69.1 Å². The molecule has 0 bridgehead atoms. The Morgan fingerprint density at radius 1 is 1.09 bits per heavy atom. The zero-order chi connectivity index (χ0) is 24.5. The van der Waals surface area contributed by atoms with Crippen LogP contribution in [0.2, 0.25) is 0 Å². The van der Waals surface area contributed by atoms with Gasteiger partial charge in [-0.1, -0.05) is 0 Å². The van der Waals surface area contributed by atoms with Crippen LogP contribution in [0.4, 0.5) is 4.79 Å². The molecule has 0 unspecified atom stereocenters. The Labute approximate surface area is 198 Å². The maximum Gasteiger partial charge on any atom is 0.407 e. The highest BCUT2D eigenvalue weighted by atomic mass is 32.2. The van der Waals surface area contributed by atoms with E-state index in [-0.39, 0.29) is 17.0 Å². The van der Waals surface area contributed by atoms with Crippen LogP contribution in [0.1, 0.15) is 46.5 Å². The van der Waals surface area contributed by atoms with Gasteiger partial charge in [-0.05, 0) is 70.7 Å². The monoisotopic (exact) mass is 487 g/mol. The molecule has 3 aromatic rings. The Morgan fingerprint density at radius 2 is 1.76 bits per heavy atom. The first kappa shape index (κ1) is 23.9. The molecule has 4 rings (SSSR count). The number of sulfone groups is 1. The van der Waals surface area contributed by atoms with E-state index in [0.717, 1.165) is 25.7 Å². The quantitative estimate of drug-likeness (QED) is 0.580. The zero-order valence-corrected chi connectivity index (χ0v) is 20.5. The minimum absolute atomic E-state index is 0.0350. The molecular formula is C23H29N5O5S. The summed E-state index contributed by atoms with van der Waals surface area (Å²) in [5, 5.41) is 8.01. The van der Waals surface area contributed by atoms with Crippen LogP contribution in [-0.2, 0) is 14.6 Å². The molecule has 0 spiro atoms. The minimum Gasteiger partial charge on any atom is -0.474 e. The van der Waals surface area contributed by atoms with Gasteiger partial charge >= 0.3 is 6.09 Å². The number of hydrogen-bond donors (Lipinski definition) is 1. The van der Waals surface area contributed by atoms with Gasteiger partial charge in [0.1, 0.15) is 23.4 Å². The Morgan fingerprint density at radius 3 is 2.38 bits per heavy atom. The number of ether oxygens (including phenoxy) is 2. The SMILES string of the molecule is CC(C)(C)OC(=O)N[C@H]1CC[C@H](Oc2ncnc3c2cnn3-c2ccc(S(C)(=O)=O)cc2)CC1. The van der Waals surface area contributed by atoms with Gasteiger partial charge < -0.3 is 14.8 Å². The third-order valence-electron chi connectivity index (χ3n) is 5.51. The number of hydrogen-bond acceptors (Lipinski definition) is 8. The number of rotatable bonds is 5. The standard InChI is InChI=1S/C23H29N5O5S/c1-23(2,3)33-22(29)27-15-5-9-17(10-6-15)32-21-19-13-26-28(20(19)24-14-25-21)16-7-11-18(12-8-16)34(4,30)31/h7-8,11-15,17H,5-6,9-10H2,1-4H3,(H,27,29)/t15-,17-. The summed E-state index contributed by atoms with van der Waals surface area (Å²) in [6, 6.07) is 6.51. The average Bonchev–Trinajstić information content (AvgIpc) is 3.18. The lowest BCUT2D eigenvalue weighted by molar-refractivity contribution is 0.0470. The predicted molar refractivity (Wildman–Crippen MR) is 126 cm³/mol. The summed E-state index contributed by atoms with van der Waals surface area (Å²) in [6.07, 6.45) is 6.91. The van der Waals surface area contributed by atoms with E-state index in [1.165, 1.54) is 12.6 Å². The number of carbonyl (C=O) groups is 1. The van der Waals surface area contributed by atoms with Crippen molar-refractivity contribution in [3.63, 3.8) is 0 Å². The number of carbonyl (C=O) groups excluding carboxylic acids is 1. The van der Waals surface area contributed by atoms with Crippen molar-refractivity contribution in [1.29, 1.82) is 0 Å². The van der Waals surface area contributed by atoms with Crippen molar-refractivity contribution < 1.29 is 22.7 Å². The number of amides is 1. The molecule has 1 amide bonds. The fourth-order valence-corrected chi connectivity index (χ4v) is 4.53. The van der Waals surface area contributed by atoms with E-state index in [9.17, 15) is 13.2 Å². The fraction of sp³-hybridized carbons (Fsp3) is 0.478. The van der Waals surface area contributed by atoms with Crippen LogP contribution in [0.25, 0.3) is 16.7 Å². The van der Waals surface area contributed by atoms with Crippen LogP contribution in [-0.4, -0.2) is 58.3 Å². The molecule has 182 valence electrons. The zero-order valence-electron chi connectivity index (χ0n) is 19.7. The van der Waals surface area contributed by atoms with Gasteiger partial charge in [0.15, 0.2) is 15.5 Å². The van der Waals surface area contributed by atoms with Gasteiger partial charge in [0.2, 0.25) is 5.88 Å². The highest BCUT2D eigenvalue weighted by molar-refractivity contribution is 7.90. The van der Waals surface area contributed by atoms with Gasteiger partial charge in [-0.2, -0.15) is 5.10 Å². The van der Waals surface area contributed by atoms with E-state index in [1.54, 1.807) is 35.1 Å². The molecule has 10 nitrogen and oxygen atoms in total. The highest BCUT2D eigenvalue weighted by Gasteiger charge is 2.26. The van der Waals surface area contributed by atoms with Gasteiger partial charge in [0.25, 0.3) is 0 Å². The third kappa shape index (κ3) is 5.64. The maximum atomic E-state index is 12.0. The molecule has 0 aliphatic heterocycles. The van der Waals surface area contributed by atoms with E-state index >= 15 is 0 Å². The van der Waals surface area contributed by atoms with E-state index in [4.69, 9.17) is 9.47 Å². The molecule has 0 radical (unpaired) electrons. The van der Waals surface area contributed by atoms with Crippen molar-refractivity contribution in [3.8, 4) is 11.6 Å². The van der Waals surface area contributed by atoms with Crippen LogP contribution < -0.4 is 10.1 Å². The summed E-state index contributed by atoms with van der Waals surface area (Å²) in [5.41, 5.74) is 0.723. The maximum absolute atomic E-state index is 12.0. The van der Waals surface area contributed by atoms with Crippen molar-refractivity contribution in [2.75, 3.05) is 6.26 Å². The van der Waals surface area contributed by atoms with Gasteiger partial charge in [0, 0.05) is 12.3 Å². The van der Waals surface area contributed by atoms with Gasteiger partial charge in [-0.3, -0.25) is 0 Å². The summed E-state index contributed by atoms with van der Waals surface area (Å²) < 4.78 is 36.6. The molecule has 0 saturated heterocycles. The van der Waals surface area contributed by atoms with E-state index in [0.29, 0.717) is 22.6 Å². The first-order valence-electron chi connectivity index (χ1n) is 11.1. The van der Waals surface area contributed by atoms with Crippen LogP contribution in [0, 0.1) is 0 Å². The highest BCUT2D eigenvalue weighted by Crippen LogP contribution is 2.28. The smallest absolute Gasteiger partial charge is 0.407 e. The molecule has 1 N–H and O–H groups in total. The first-order chi connectivity index (χ1) is 16.0. The molecule has 1 aliphatic carbocycles. The summed E-state index contributed by atoms with van der Waals surface area (Å²) in [6.45, 7) is 5.52. The summed E-state index contributed by atoms with van der Waals surface area (Å²) in [5.74, 6) is 0.451. The molecule has 2 heterocycles. The predicted octanol–water partition coefficient (Wildman–Crippen LogP) is 3.43. The lowest BCUT2D eigenvalue weighted by atomic mass is 9.93. The molecule has 1 aliphatic rings. The largest absolute Gasteiger partial charge is 0.474 e. The number of benzene rings is 1. The van der Waals surface area contributed by atoms with Gasteiger partial charge in [0.05, 0.1) is 16.8 Å². The van der Waals surface area contributed by atoms with Gasteiger partial charge in [-0.25, -0.2) is 27.9 Å². The van der Waals surface area contributed by atoms with E-state index in [1.807, 2.05) is 20.8 Å². The molecule has 1 aromatic carbocycles. The molecule has 0 atom stereocenters. The minimum atomic E-state index is -3.28. The second kappa shape index (κ2) is 9.21. The molecule has 1 fully saturated rings. The molecular weight excluding hydrogens is 458 g/mol. The van der Waals surface area contributed by atoms with Crippen molar-refractivity contribution in [2.24, 2.45) is 0 Å². The number of fused-ring (bicyclic) bond motifs is 1.